The molecule has 4 heterocycles. The van der Waals surface area contributed by atoms with Crippen LogP contribution in [-0.2, 0) is 24.3 Å². The summed E-state index contributed by atoms with van der Waals surface area (Å²) in [7, 11) is 0. The van der Waals surface area contributed by atoms with E-state index in [9.17, 15) is 9.18 Å². The van der Waals surface area contributed by atoms with Crippen molar-refractivity contribution in [2.24, 2.45) is 0 Å². The molecule has 0 aliphatic carbocycles. The highest BCUT2D eigenvalue weighted by atomic mass is 19.1. The predicted octanol–water partition coefficient (Wildman–Crippen LogP) is 3.89. The summed E-state index contributed by atoms with van der Waals surface area (Å²) in [5.74, 6) is 0.0941. The van der Waals surface area contributed by atoms with Crippen molar-refractivity contribution in [2.45, 2.75) is 19.6 Å². The number of aromatic nitrogens is 4. The normalized spacial score (nSPS) is 14.1. The Morgan fingerprint density at radius 2 is 1.67 bits per heavy atom. The summed E-state index contributed by atoms with van der Waals surface area (Å²) >= 11 is 0. The van der Waals surface area contributed by atoms with Crippen LogP contribution in [0.4, 0.5) is 4.39 Å². The molecule has 198 valence electrons. The van der Waals surface area contributed by atoms with Crippen LogP contribution in [0, 0.1) is 5.82 Å². The molecule has 0 N–H and O–H groups in total. The molecule has 0 atom stereocenters. The van der Waals surface area contributed by atoms with Crippen LogP contribution in [0.2, 0.25) is 0 Å². The van der Waals surface area contributed by atoms with Gasteiger partial charge >= 0.3 is 5.56 Å². The molecule has 9 nitrogen and oxygen atoms in total. The van der Waals surface area contributed by atoms with Crippen molar-refractivity contribution < 1.29 is 18.3 Å². The van der Waals surface area contributed by atoms with Crippen LogP contribution in [0.15, 0.2) is 82.1 Å². The summed E-state index contributed by atoms with van der Waals surface area (Å²) in [4.78, 5) is 20.7. The first-order valence-electron chi connectivity index (χ1n) is 12.7. The highest BCUT2D eigenvalue weighted by Crippen LogP contribution is 2.26. The monoisotopic (exact) mass is 527 g/mol. The molecule has 1 aliphatic rings. The Kier molecular flexibility index (Phi) is 7.11. The predicted molar refractivity (Wildman–Crippen MR) is 141 cm³/mol. The second-order valence-corrected chi connectivity index (χ2v) is 9.33. The lowest BCUT2D eigenvalue weighted by atomic mass is 10.1. The molecule has 39 heavy (non-hydrogen) atoms. The van der Waals surface area contributed by atoms with E-state index in [1.807, 2.05) is 36.4 Å². The van der Waals surface area contributed by atoms with Crippen molar-refractivity contribution in [3.8, 4) is 17.3 Å². The van der Waals surface area contributed by atoms with Crippen LogP contribution < -0.4 is 10.3 Å². The average molecular weight is 528 g/mol. The zero-order valence-electron chi connectivity index (χ0n) is 21.1. The van der Waals surface area contributed by atoms with E-state index < -0.39 is 0 Å². The maximum Gasteiger partial charge on any atom is 0.301 e. The fourth-order valence-corrected chi connectivity index (χ4v) is 4.48. The van der Waals surface area contributed by atoms with Gasteiger partial charge in [0, 0.05) is 25.8 Å². The lowest BCUT2D eigenvalue weighted by Gasteiger charge is -2.26. The van der Waals surface area contributed by atoms with Crippen molar-refractivity contribution in [2.75, 3.05) is 26.3 Å². The molecular weight excluding hydrogens is 501 g/mol. The molecule has 0 saturated carbocycles. The van der Waals surface area contributed by atoms with Crippen LogP contribution in [0.5, 0.6) is 5.75 Å². The van der Waals surface area contributed by atoms with Crippen molar-refractivity contribution in [3.05, 3.63) is 112 Å². The lowest BCUT2D eigenvalue weighted by Crippen LogP contribution is -2.35. The summed E-state index contributed by atoms with van der Waals surface area (Å²) in [5, 5.41) is 8.29. The number of pyridine rings is 1. The largest absolute Gasteiger partial charge is 0.481 e. The van der Waals surface area contributed by atoms with Gasteiger partial charge in [0.1, 0.15) is 18.1 Å². The fraction of sp³-hybridized carbons (Fsp3) is 0.241. The lowest BCUT2D eigenvalue weighted by molar-refractivity contribution is 0.0341. The first kappa shape index (κ1) is 24.9. The minimum atomic E-state index is -0.368. The number of hydrogen-bond donors (Lipinski definition) is 0. The number of morpholine rings is 1. The first-order chi connectivity index (χ1) is 19.1. The summed E-state index contributed by atoms with van der Waals surface area (Å²) in [6.07, 6.45) is 2.11. The number of fused-ring (bicyclic) bond motifs is 1. The van der Waals surface area contributed by atoms with Gasteiger partial charge in [-0.05, 0) is 34.9 Å². The quantitative estimate of drug-likeness (QED) is 0.300. The Balaban J connectivity index is 1.36. The molecule has 10 heteroatoms. The van der Waals surface area contributed by atoms with E-state index in [0.717, 1.165) is 29.8 Å². The third-order valence-corrected chi connectivity index (χ3v) is 6.52. The van der Waals surface area contributed by atoms with Gasteiger partial charge in [0.25, 0.3) is 5.89 Å². The molecule has 0 radical (unpaired) electrons. The van der Waals surface area contributed by atoms with Crippen molar-refractivity contribution in [1.29, 1.82) is 0 Å². The fourth-order valence-electron chi connectivity index (χ4n) is 4.48. The molecule has 3 aromatic heterocycles. The van der Waals surface area contributed by atoms with Gasteiger partial charge in [0.2, 0.25) is 11.6 Å². The Hall–Kier alpha value is -4.41. The number of hydrogen-bond acceptors (Lipinski definition) is 8. The standard InChI is InChI=1S/C29H26FN5O4/c30-23-9-6-20(7-10-23)16-25-32-33-28(39-25)26-27(38-19-21-4-2-1-3-5-21)29(36)35-18-22(8-11-24(35)31-26)17-34-12-14-37-15-13-34/h1-11,18H,12-17,19H2. The van der Waals surface area contributed by atoms with Crippen LogP contribution in [0.1, 0.15) is 22.6 Å². The minimum absolute atomic E-state index is 0.0249. The van der Waals surface area contributed by atoms with Crippen LogP contribution in [0.25, 0.3) is 17.2 Å². The van der Waals surface area contributed by atoms with Crippen LogP contribution in [-0.4, -0.2) is 50.8 Å². The Morgan fingerprint density at radius 1 is 0.897 bits per heavy atom. The van der Waals surface area contributed by atoms with E-state index in [2.05, 4.69) is 15.1 Å². The summed E-state index contributed by atoms with van der Waals surface area (Å²) < 4.78 is 32.2. The number of ether oxygens (including phenoxy) is 2. The molecule has 0 amide bonds. The SMILES string of the molecule is O=c1c(OCc2ccccc2)c(-c2nnc(Cc3ccc(F)cc3)o2)nc2ccc(CN3CCOCC3)cn12. The van der Waals surface area contributed by atoms with Crippen molar-refractivity contribution >= 4 is 5.65 Å². The smallest absolute Gasteiger partial charge is 0.301 e. The number of benzene rings is 2. The molecule has 0 spiro atoms. The highest BCUT2D eigenvalue weighted by Gasteiger charge is 2.22. The van der Waals surface area contributed by atoms with Gasteiger partial charge in [-0.25, -0.2) is 9.37 Å². The van der Waals surface area contributed by atoms with Crippen LogP contribution in [0.3, 0.4) is 0 Å². The number of halogens is 1. The summed E-state index contributed by atoms with van der Waals surface area (Å²) in [5.41, 5.74) is 2.94. The molecule has 1 fully saturated rings. The van der Waals surface area contributed by atoms with E-state index >= 15 is 0 Å². The van der Waals surface area contributed by atoms with Crippen LogP contribution >= 0.6 is 0 Å². The van der Waals surface area contributed by atoms with Gasteiger partial charge in [0.15, 0.2) is 5.69 Å². The number of nitrogens with zero attached hydrogens (tertiary/aromatic N) is 5. The maximum absolute atomic E-state index is 13.8. The molecule has 2 aromatic carbocycles. The summed E-state index contributed by atoms with van der Waals surface area (Å²) in [6.45, 7) is 3.94. The zero-order chi connectivity index (χ0) is 26.6. The molecule has 1 aliphatic heterocycles. The van der Waals surface area contributed by atoms with E-state index in [0.29, 0.717) is 37.7 Å². The third kappa shape index (κ3) is 5.71. The average Bonchev–Trinajstić information content (AvgIpc) is 3.43. The van der Waals surface area contributed by atoms with E-state index in [1.165, 1.54) is 16.5 Å². The second kappa shape index (κ2) is 11.1. The number of rotatable bonds is 8. The Morgan fingerprint density at radius 3 is 2.46 bits per heavy atom. The molecule has 0 unspecified atom stereocenters. The molecule has 6 rings (SSSR count). The van der Waals surface area contributed by atoms with Gasteiger partial charge in [-0.15, -0.1) is 10.2 Å². The van der Waals surface area contributed by atoms with Gasteiger partial charge < -0.3 is 13.9 Å². The van der Waals surface area contributed by atoms with Crippen molar-refractivity contribution in [3.63, 3.8) is 0 Å². The minimum Gasteiger partial charge on any atom is -0.481 e. The third-order valence-electron chi connectivity index (χ3n) is 6.52. The highest BCUT2D eigenvalue weighted by molar-refractivity contribution is 5.61. The maximum atomic E-state index is 13.8. The zero-order valence-corrected chi connectivity index (χ0v) is 21.1. The second-order valence-electron chi connectivity index (χ2n) is 9.33. The van der Waals surface area contributed by atoms with E-state index in [-0.39, 0.29) is 35.3 Å². The Labute approximate surface area is 223 Å². The van der Waals surface area contributed by atoms with Gasteiger partial charge in [-0.2, -0.15) is 0 Å². The van der Waals surface area contributed by atoms with Gasteiger partial charge in [0.05, 0.1) is 19.6 Å². The van der Waals surface area contributed by atoms with Gasteiger partial charge in [-0.3, -0.25) is 14.1 Å². The molecular formula is C29H26FN5O4. The van der Waals surface area contributed by atoms with Crippen molar-refractivity contribution in [1.82, 2.24) is 24.5 Å². The summed E-state index contributed by atoms with van der Waals surface area (Å²) in [6, 6.07) is 19.4. The topological polar surface area (TPSA) is 95.0 Å². The molecule has 5 aromatic rings. The Bertz CT molecular complexity index is 1630. The molecule has 0 bridgehead atoms. The first-order valence-corrected chi connectivity index (χ1v) is 12.7. The van der Waals surface area contributed by atoms with E-state index in [4.69, 9.17) is 18.9 Å². The molecule has 1 saturated heterocycles. The van der Waals surface area contributed by atoms with E-state index in [1.54, 1.807) is 24.4 Å². The van der Waals surface area contributed by atoms with Gasteiger partial charge in [-0.1, -0.05) is 48.5 Å².